The van der Waals surface area contributed by atoms with Crippen LogP contribution in [0.25, 0.3) is 0 Å². The molecule has 1 fully saturated rings. The normalized spacial score (nSPS) is 13.7. The van der Waals surface area contributed by atoms with E-state index in [2.05, 4.69) is 10.1 Å². The number of anilines is 1. The summed E-state index contributed by atoms with van der Waals surface area (Å²) < 4.78 is 11.0. The second-order valence-corrected chi connectivity index (χ2v) is 6.40. The number of nitro groups is 1. The van der Waals surface area contributed by atoms with Gasteiger partial charge in [0, 0.05) is 36.9 Å². The summed E-state index contributed by atoms with van der Waals surface area (Å²) in [6, 6.07) is 10.1. The van der Waals surface area contributed by atoms with E-state index in [0.29, 0.717) is 11.3 Å². The maximum Gasteiger partial charge on any atom is 0.269 e. The van der Waals surface area contributed by atoms with Crippen LogP contribution in [0.1, 0.15) is 24.0 Å². The van der Waals surface area contributed by atoms with Gasteiger partial charge in [-0.3, -0.25) is 10.1 Å². The van der Waals surface area contributed by atoms with E-state index in [1.54, 1.807) is 32.6 Å². The minimum atomic E-state index is -0.439. The van der Waals surface area contributed by atoms with E-state index in [9.17, 15) is 10.1 Å². The van der Waals surface area contributed by atoms with Crippen molar-refractivity contribution in [1.82, 2.24) is 0 Å². The molecule has 1 aliphatic heterocycles. The lowest BCUT2D eigenvalue weighted by atomic mass is 10.1. The van der Waals surface area contributed by atoms with Gasteiger partial charge < -0.3 is 19.2 Å². The Hall–Kier alpha value is -3.29. The van der Waals surface area contributed by atoms with Crippen molar-refractivity contribution in [3.05, 3.63) is 57.6 Å². The molecule has 0 aromatic heterocycles. The standard InChI is InChI=1S/C20H23N3O5/c1-26-19-12-18(22-8-3-4-9-22)20(27-2)11-16(19)13-21-28-14-15-6-5-7-17(10-15)23(24)25/h5-7,10-13H,3-4,8-9,14H2,1-2H3/b21-13-. The Morgan fingerprint density at radius 1 is 1.14 bits per heavy atom. The molecule has 8 heteroatoms. The van der Waals surface area contributed by atoms with Crippen molar-refractivity contribution in [2.75, 3.05) is 32.2 Å². The Balaban J connectivity index is 1.72. The molecule has 0 saturated carbocycles. The highest BCUT2D eigenvalue weighted by Crippen LogP contribution is 2.36. The zero-order chi connectivity index (χ0) is 19.9. The lowest BCUT2D eigenvalue weighted by molar-refractivity contribution is -0.384. The predicted molar refractivity (Wildman–Crippen MR) is 106 cm³/mol. The SMILES string of the molecule is COc1cc(N2CCCC2)c(OC)cc1/C=N\OCc1cccc([N+](=O)[O-])c1. The number of rotatable bonds is 8. The summed E-state index contributed by atoms with van der Waals surface area (Å²) in [4.78, 5) is 18.0. The highest BCUT2D eigenvalue weighted by atomic mass is 16.6. The van der Waals surface area contributed by atoms with Crippen molar-refractivity contribution in [3.8, 4) is 11.5 Å². The van der Waals surface area contributed by atoms with Gasteiger partial charge in [0.15, 0.2) is 0 Å². The molecule has 1 heterocycles. The van der Waals surface area contributed by atoms with Gasteiger partial charge in [-0.05, 0) is 24.5 Å². The molecule has 1 aliphatic rings. The van der Waals surface area contributed by atoms with Gasteiger partial charge >= 0.3 is 0 Å². The minimum absolute atomic E-state index is 0.0222. The summed E-state index contributed by atoms with van der Waals surface area (Å²) in [5, 5.41) is 14.8. The quantitative estimate of drug-likeness (QED) is 0.391. The fourth-order valence-corrected chi connectivity index (χ4v) is 3.18. The van der Waals surface area contributed by atoms with Crippen LogP contribution in [0.2, 0.25) is 0 Å². The molecule has 0 unspecified atom stereocenters. The van der Waals surface area contributed by atoms with Crippen LogP contribution in [0.15, 0.2) is 41.6 Å². The number of non-ortho nitro benzene ring substituents is 1. The zero-order valence-corrected chi connectivity index (χ0v) is 16.0. The first kappa shape index (κ1) is 19.5. The third-order valence-corrected chi connectivity index (χ3v) is 4.60. The van der Waals surface area contributed by atoms with Gasteiger partial charge in [-0.15, -0.1) is 0 Å². The molecule has 2 aromatic rings. The number of ether oxygens (including phenoxy) is 2. The van der Waals surface area contributed by atoms with E-state index in [0.717, 1.165) is 30.1 Å². The maximum atomic E-state index is 10.8. The van der Waals surface area contributed by atoms with Crippen molar-refractivity contribution in [1.29, 1.82) is 0 Å². The Morgan fingerprint density at radius 2 is 1.89 bits per heavy atom. The Bertz CT molecular complexity index is 863. The van der Waals surface area contributed by atoms with E-state index in [1.807, 2.05) is 12.1 Å². The molecule has 0 N–H and O–H groups in total. The molecule has 148 valence electrons. The van der Waals surface area contributed by atoms with Crippen LogP contribution in [0.3, 0.4) is 0 Å². The first-order chi connectivity index (χ1) is 13.6. The molecule has 0 amide bonds. The van der Waals surface area contributed by atoms with Crippen LogP contribution in [0, 0.1) is 10.1 Å². The Morgan fingerprint density at radius 3 is 2.57 bits per heavy atom. The summed E-state index contributed by atoms with van der Waals surface area (Å²) in [6.45, 7) is 2.13. The maximum absolute atomic E-state index is 10.8. The van der Waals surface area contributed by atoms with E-state index < -0.39 is 4.92 Å². The van der Waals surface area contributed by atoms with Gasteiger partial charge in [-0.25, -0.2) is 0 Å². The Labute approximate surface area is 163 Å². The van der Waals surface area contributed by atoms with Crippen molar-refractivity contribution in [3.63, 3.8) is 0 Å². The zero-order valence-electron chi connectivity index (χ0n) is 16.0. The predicted octanol–water partition coefficient (Wildman–Crippen LogP) is 3.76. The number of hydrogen-bond donors (Lipinski definition) is 0. The number of hydrogen-bond acceptors (Lipinski definition) is 7. The summed E-state index contributed by atoms with van der Waals surface area (Å²) in [7, 11) is 3.25. The number of methoxy groups -OCH3 is 2. The molecule has 0 spiro atoms. The first-order valence-corrected chi connectivity index (χ1v) is 9.02. The lowest BCUT2D eigenvalue weighted by Crippen LogP contribution is -2.18. The highest BCUT2D eigenvalue weighted by molar-refractivity contribution is 5.86. The van der Waals surface area contributed by atoms with Gasteiger partial charge in [0.25, 0.3) is 5.69 Å². The third-order valence-electron chi connectivity index (χ3n) is 4.60. The molecule has 0 aliphatic carbocycles. The van der Waals surface area contributed by atoms with Crippen molar-refractivity contribution in [2.24, 2.45) is 5.16 Å². The molecular formula is C20H23N3O5. The summed E-state index contributed by atoms with van der Waals surface area (Å²) >= 11 is 0. The monoisotopic (exact) mass is 385 g/mol. The van der Waals surface area contributed by atoms with Gasteiger partial charge in [0.1, 0.15) is 18.1 Å². The fourth-order valence-electron chi connectivity index (χ4n) is 3.18. The highest BCUT2D eigenvalue weighted by Gasteiger charge is 2.19. The molecule has 0 bridgehead atoms. The van der Waals surface area contributed by atoms with Gasteiger partial charge in [-0.1, -0.05) is 17.3 Å². The number of oxime groups is 1. The molecule has 3 rings (SSSR count). The molecule has 28 heavy (non-hydrogen) atoms. The van der Waals surface area contributed by atoms with E-state index in [4.69, 9.17) is 14.3 Å². The van der Waals surface area contributed by atoms with Crippen LogP contribution in [-0.4, -0.2) is 38.4 Å². The summed E-state index contributed by atoms with van der Waals surface area (Å²) in [6.07, 6.45) is 3.88. The fraction of sp³-hybridized carbons (Fsp3) is 0.350. The smallest absolute Gasteiger partial charge is 0.269 e. The second-order valence-electron chi connectivity index (χ2n) is 6.40. The molecule has 2 aromatic carbocycles. The van der Waals surface area contributed by atoms with Crippen molar-refractivity contribution in [2.45, 2.75) is 19.4 Å². The number of benzene rings is 2. The molecule has 1 saturated heterocycles. The lowest BCUT2D eigenvalue weighted by Gasteiger charge is -2.22. The topological polar surface area (TPSA) is 86.4 Å². The van der Waals surface area contributed by atoms with Crippen LogP contribution < -0.4 is 14.4 Å². The van der Waals surface area contributed by atoms with Crippen molar-refractivity contribution < 1.29 is 19.2 Å². The van der Waals surface area contributed by atoms with E-state index in [-0.39, 0.29) is 12.3 Å². The Kier molecular flexibility index (Phi) is 6.31. The third kappa shape index (κ3) is 4.51. The summed E-state index contributed by atoms with van der Waals surface area (Å²) in [5.41, 5.74) is 2.42. The number of nitro benzene ring substituents is 1. The average Bonchev–Trinajstić information content (AvgIpc) is 3.25. The van der Waals surface area contributed by atoms with Crippen LogP contribution >= 0.6 is 0 Å². The average molecular weight is 385 g/mol. The van der Waals surface area contributed by atoms with Crippen LogP contribution in [0.4, 0.5) is 11.4 Å². The first-order valence-electron chi connectivity index (χ1n) is 9.02. The van der Waals surface area contributed by atoms with Crippen LogP contribution in [0.5, 0.6) is 11.5 Å². The van der Waals surface area contributed by atoms with E-state index in [1.165, 1.54) is 25.0 Å². The largest absolute Gasteiger partial charge is 0.496 e. The van der Waals surface area contributed by atoms with Gasteiger partial charge in [0.05, 0.1) is 31.0 Å². The van der Waals surface area contributed by atoms with E-state index >= 15 is 0 Å². The van der Waals surface area contributed by atoms with Gasteiger partial charge in [-0.2, -0.15) is 0 Å². The van der Waals surface area contributed by atoms with Crippen LogP contribution in [-0.2, 0) is 11.4 Å². The number of nitrogens with zero attached hydrogens (tertiary/aromatic N) is 3. The minimum Gasteiger partial charge on any atom is -0.496 e. The molecule has 0 atom stereocenters. The second kappa shape index (κ2) is 9.07. The van der Waals surface area contributed by atoms with Gasteiger partial charge in [0.2, 0.25) is 0 Å². The molecule has 0 radical (unpaired) electrons. The molecule has 8 nitrogen and oxygen atoms in total. The molecular weight excluding hydrogens is 362 g/mol. The van der Waals surface area contributed by atoms with Crippen molar-refractivity contribution >= 4 is 17.6 Å². The summed E-state index contributed by atoms with van der Waals surface area (Å²) in [5.74, 6) is 1.42.